The van der Waals surface area contributed by atoms with Gasteiger partial charge in [0, 0.05) is 34.5 Å². The Labute approximate surface area is 225 Å². The maximum atomic E-state index is 14.0. The molecule has 1 fully saturated rings. The third kappa shape index (κ3) is 4.51. The predicted octanol–water partition coefficient (Wildman–Crippen LogP) is 7.31. The van der Waals surface area contributed by atoms with Crippen molar-refractivity contribution < 1.29 is 27.1 Å². The molecule has 0 saturated heterocycles. The number of thiophene rings is 1. The van der Waals surface area contributed by atoms with E-state index in [-0.39, 0.29) is 45.6 Å². The van der Waals surface area contributed by atoms with Crippen LogP contribution in [0.3, 0.4) is 0 Å². The first-order valence-electron chi connectivity index (χ1n) is 11.7. The topological polar surface area (TPSA) is 80.9 Å². The fourth-order valence-electron chi connectivity index (χ4n) is 4.55. The Morgan fingerprint density at radius 2 is 1.85 bits per heavy atom. The molecule has 200 valence electrons. The smallest absolute Gasteiger partial charge is 0.451 e. The van der Waals surface area contributed by atoms with Crippen molar-refractivity contribution in [2.24, 2.45) is 0 Å². The van der Waals surface area contributed by atoms with E-state index in [1.165, 1.54) is 28.8 Å². The van der Waals surface area contributed by atoms with Gasteiger partial charge in [-0.25, -0.2) is 23.7 Å². The zero-order valence-corrected chi connectivity index (χ0v) is 21.2. The Balaban J connectivity index is 1.61. The van der Waals surface area contributed by atoms with Gasteiger partial charge in [-0.3, -0.25) is 9.36 Å². The Morgan fingerprint density at radius 3 is 2.49 bits per heavy atom. The molecule has 0 unspecified atom stereocenters. The number of hydrogen-bond donors (Lipinski definition) is 1. The number of aromatic nitrogens is 4. The second-order valence-corrected chi connectivity index (χ2v) is 10.6. The van der Waals surface area contributed by atoms with Crippen molar-refractivity contribution in [3.63, 3.8) is 0 Å². The molecular formula is C26H16ClF5N4O2S. The summed E-state index contributed by atoms with van der Waals surface area (Å²) in [6.45, 7) is -0.229. The first-order chi connectivity index (χ1) is 18.5. The van der Waals surface area contributed by atoms with Crippen molar-refractivity contribution >= 4 is 43.2 Å². The largest absolute Gasteiger partial charge is 0.505 e. The summed E-state index contributed by atoms with van der Waals surface area (Å²) in [5, 5.41) is 11.2. The van der Waals surface area contributed by atoms with E-state index in [1.807, 2.05) is 0 Å². The van der Waals surface area contributed by atoms with Crippen molar-refractivity contribution in [1.29, 1.82) is 0 Å². The summed E-state index contributed by atoms with van der Waals surface area (Å²) in [6.07, 6.45) is -3.88. The van der Waals surface area contributed by atoms with Crippen molar-refractivity contribution in [3.05, 3.63) is 80.6 Å². The highest BCUT2D eigenvalue weighted by atomic mass is 35.5. The number of aromatic hydroxyl groups is 1. The lowest BCUT2D eigenvalue weighted by Gasteiger charge is -2.17. The molecule has 0 amide bonds. The normalized spacial score (nSPS) is 14.1. The summed E-state index contributed by atoms with van der Waals surface area (Å²) in [5.41, 5.74) is 0.600. The van der Waals surface area contributed by atoms with Gasteiger partial charge in [-0.15, -0.1) is 11.3 Å². The monoisotopic (exact) mass is 578 g/mol. The molecule has 39 heavy (non-hydrogen) atoms. The van der Waals surface area contributed by atoms with Gasteiger partial charge in [-0.05, 0) is 36.5 Å². The van der Waals surface area contributed by atoms with E-state index in [2.05, 4.69) is 9.97 Å². The molecule has 6 rings (SSSR count). The number of rotatable bonds is 5. The maximum absolute atomic E-state index is 14.0. The van der Waals surface area contributed by atoms with Crippen molar-refractivity contribution in [3.8, 4) is 17.1 Å². The second-order valence-electron chi connectivity index (χ2n) is 9.22. The molecule has 3 heterocycles. The van der Waals surface area contributed by atoms with Gasteiger partial charge in [0.2, 0.25) is 5.82 Å². The van der Waals surface area contributed by atoms with E-state index < -0.39 is 24.0 Å². The molecule has 5 aromatic rings. The Kier molecular flexibility index (Phi) is 6.07. The third-order valence-corrected chi connectivity index (χ3v) is 7.98. The molecular weight excluding hydrogens is 563 g/mol. The minimum Gasteiger partial charge on any atom is -0.505 e. The Bertz CT molecular complexity index is 1810. The molecule has 6 nitrogen and oxygen atoms in total. The van der Waals surface area contributed by atoms with E-state index in [9.17, 15) is 31.9 Å². The van der Waals surface area contributed by atoms with Crippen LogP contribution in [-0.4, -0.2) is 24.6 Å². The van der Waals surface area contributed by atoms with Crippen molar-refractivity contribution in [2.45, 2.75) is 37.9 Å². The molecule has 1 N–H and O–H groups in total. The molecule has 1 saturated carbocycles. The summed E-state index contributed by atoms with van der Waals surface area (Å²) >= 11 is 7.12. The van der Waals surface area contributed by atoms with Crippen LogP contribution in [-0.2, 0) is 12.7 Å². The van der Waals surface area contributed by atoms with Crippen LogP contribution in [0, 0.1) is 0 Å². The summed E-state index contributed by atoms with van der Waals surface area (Å²) in [4.78, 5) is 25.8. The van der Waals surface area contributed by atoms with Gasteiger partial charge in [0.15, 0.2) is 5.75 Å². The molecule has 0 aliphatic heterocycles. The van der Waals surface area contributed by atoms with Gasteiger partial charge in [-0.1, -0.05) is 29.8 Å². The molecule has 3 aromatic heterocycles. The summed E-state index contributed by atoms with van der Waals surface area (Å²) in [5.74, 6) is -1.35. The predicted molar refractivity (Wildman–Crippen MR) is 137 cm³/mol. The zero-order chi connectivity index (χ0) is 27.6. The number of hydrogen-bond acceptors (Lipinski definition) is 6. The number of halogens is 6. The van der Waals surface area contributed by atoms with E-state index in [1.54, 1.807) is 6.07 Å². The van der Waals surface area contributed by atoms with Crippen LogP contribution in [0.2, 0.25) is 5.02 Å². The van der Waals surface area contributed by atoms with Crippen LogP contribution in [0.1, 0.15) is 47.7 Å². The van der Waals surface area contributed by atoms with E-state index in [0.717, 1.165) is 36.6 Å². The van der Waals surface area contributed by atoms with Crippen LogP contribution in [0.25, 0.3) is 31.7 Å². The lowest BCUT2D eigenvalue weighted by Crippen LogP contribution is -2.24. The molecule has 0 spiro atoms. The number of phenols is 1. The maximum Gasteiger partial charge on any atom is 0.451 e. The number of fused-ring (bicyclic) bond motifs is 3. The van der Waals surface area contributed by atoms with Gasteiger partial charge in [0.25, 0.3) is 12.0 Å². The number of phenolic OH excluding ortho intramolecular Hbond substituents is 1. The van der Waals surface area contributed by atoms with E-state index in [4.69, 9.17) is 16.6 Å². The lowest BCUT2D eigenvalue weighted by atomic mass is 9.99. The van der Waals surface area contributed by atoms with Gasteiger partial charge in [0.1, 0.15) is 10.7 Å². The molecule has 0 radical (unpaired) electrons. The highest BCUT2D eigenvalue weighted by Gasteiger charge is 2.34. The van der Waals surface area contributed by atoms with Gasteiger partial charge in [0.05, 0.1) is 21.7 Å². The fraction of sp³-hybridized carbons (Fsp3) is 0.231. The van der Waals surface area contributed by atoms with E-state index >= 15 is 0 Å². The Morgan fingerprint density at radius 1 is 1.13 bits per heavy atom. The zero-order valence-electron chi connectivity index (χ0n) is 19.6. The summed E-state index contributed by atoms with van der Waals surface area (Å²) in [6, 6.07) is 7.20. The summed E-state index contributed by atoms with van der Waals surface area (Å²) < 4.78 is 67.6. The SMILES string of the molecule is O=c1c2c(nc(-c3ccc(C(F)F)cc3C3CC3)n1Cc1cnc(C(F)(F)F)nc1)sc1c(O)c(Cl)ccc12. The second kappa shape index (κ2) is 9.23. The highest BCUT2D eigenvalue weighted by molar-refractivity contribution is 7.25. The van der Waals surface area contributed by atoms with Gasteiger partial charge in [-0.2, -0.15) is 13.2 Å². The number of benzene rings is 2. The molecule has 1 aliphatic carbocycles. The van der Waals surface area contributed by atoms with Gasteiger partial charge >= 0.3 is 6.18 Å². The van der Waals surface area contributed by atoms with Gasteiger partial charge < -0.3 is 5.11 Å². The lowest BCUT2D eigenvalue weighted by molar-refractivity contribution is -0.145. The molecule has 13 heteroatoms. The molecule has 0 bridgehead atoms. The van der Waals surface area contributed by atoms with Crippen LogP contribution in [0.15, 0.2) is 47.5 Å². The first-order valence-corrected chi connectivity index (χ1v) is 12.9. The minimum absolute atomic E-state index is 0.0133. The van der Waals surface area contributed by atoms with E-state index in [0.29, 0.717) is 26.0 Å². The van der Waals surface area contributed by atoms with Crippen LogP contribution >= 0.6 is 22.9 Å². The molecule has 1 aliphatic rings. The first kappa shape index (κ1) is 25.6. The quantitative estimate of drug-likeness (QED) is 0.221. The Hall–Kier alpha value is -3.64. The van der Waals surface area contributed by atoms with Crippen LogP contribution in [0.4, 0.5) is 22.0 Å². The average Bonchev–Trinajstić information content (AvgIpc) is 3.67. The minimum atomic E-state index is -4.73. The highest BCUT2D eigenvalue weighted by Crippen LogP contribution is 2.46. The number of nitrogens with zero attached hydrogens (tertiary/aromatic N) is 4. The van der Waals surface area contributed by atoms with Crippen molar-refractivity contribution in [1.82, 2.24) is 19.5 Å². The standard InChI is InChI=1S/C26H16ClF5N4O2S/c27-17-6-5-15-18-23(39-20(15)19(17)37)35-22(14-4-3-13(21(28)29)7-16(14)12-1-2-12)36(24(18)38)10-11-8-33-25(34-9-11)26(30,31)32/h3-9,12,21,37H,1-2,10H2. The summed E-state index contributed by atoms with van der Waals surface area (Å²) in [7, 11) is 0. The number of alkyl halides is 5. The molecule has 0 atom stereocenters. The van der Waals surface area contributed by atoms with Crippen molar-refractivity contribution in [2.75, 3.05) is 0 Å². The fourth-order valence-corrected chi connectivity index (χ4v) is 5.88. The van der Waals surface area contributed by atoms with Crippen LogP contribution in [0.5, 0.6) is 5.75 Å². The van der Waals surface area contributed by atoms with Crippen LogP contribution < -0.4 is 5.56 Å². The average molecular weight is 579 g/mol. The molecule has 2 aromatic carbocycles. The third-order valence-electron chi connectivity index (χ3n) is 6.57.